The molecule has 0 N–H and O–H groups in total. The van der Waals surface area contributed by atoms with Crippen molar-refractivity contribution in [1.29, 1.82) is 0 Å². The Balaban J connectivity index is 1.82. The van der Waals surface area contributed by atoms with Crippen LogP contribution in [0.15, 0.2) is 82.3 Å². The first kappa shape index (κ1) is 33.2. The molecular weight excluding hydrogens is 600 g/mol. The summed E-state index contributed by atoms with van der Waals surface area (Å²) >= 11 is 0. The number of methoxy groups -OCH3 is 2. The number of hydrogen-bond donors (Lipinski definition) is 0. The van der Waals surface area contributed by atoms with Crippen molar-refractivity contribution in [2.75, 3.05) is 40.5 Å². The van der Waals surface area contributed by atoms with Crippen molar-refractivity contribution in [2.24, 2.45) is 10.2 Å². The molecule has 0 aliphatic carbocycles. The lowest BCUT2D eigenvalue weighted by molar-refractivity contribution is -0.138. The molecule has 2 aromatic carbocycles. The van der Waals surface area contributed by atoms with E-state index in [1.165, 1.54) is 22.2 Å². The fraction of sp³-hybridized carbons (Fsp3) is 0.375. The average Bonchev–Trinajstić information content (AvgIpc) is 3.69. The van der Waals surface area contributed by atoms with Gasteiger partial charge in [0.25, 0.3) is 0 Å². The lowest BCUT2D eigenvalue weighted by atomic mass is 10.00. The molecule has 2 atom stereocenters. The SMILES string of the molecule is CCOC(=O)/C=C(\C)N1CC(c2ccc(OC)cc2)C(S(=O)(=O)C2=NN(/C(C)=C/C(=O)OCC)CC2c2ccc(OC)cc2)=N1. The minimum atomic E-state index is -4.31. The number of hydrogen-bond acceptors (Lipinski definition) is 12. The zero-order valence-corrected chi connectivity index (χ0v) is 27.0. The van der Waals surface area contributed by atoms with Gasteiger partial charge in [-0.1, -0.05) is 24.3 Å². The van der Waals surface area contributed by atoms with Crippen LogP contribution in [-0.2, 0) is 28.9 Å². The van der Waals surface area contributed by atoms with Crippen LogP contribution in [0.25, 0.3) is 0 Å². The van der Waals surface area contributed by atoms with Gasteiger partial charge in [-0.2, -0.15) is 10.2 Å². The molecule has 2 aliphatic rings. The molecule has 0 fully saturated rings. The molecule has 4 rings (SSSR count). The summed E-state index contributed by atoms with van der Waals surface area (Å²) in [5, 5.41) is 11.9. The number of allylic oxidation sites excluding steroid dienone is 2. The van der Waals surface area contributed by atoms with Crippen molar-refractivity contribution in [2.45, 2.75) is 39.5 Å². The number of ether oxygens (including phenoxy) is 4. The van der Waals surface area contributed by atoms with E-state index in [1.54, 1.807) is 90.4 Å². The number of sulfone groups is 1. The molecule has 0 spiro atoms. The largest absolute Gasteiger partial charge is 0.497 e. The van der Waals surface area contributed by atoms with Crippen LogP contribution in [0, 0.1) is 0 Å². The predicted molar refractivity (Wildman–Crippen MR) is 169 cm³/mol. The fourth-order valence-corrected chi connectivity index (χ4v) is 6.82. The highest BCUT2D eigenvalue weighted by molar-refractivity contribution is 8.19. The van der Waals surface area contributed by atoms with Crippen molar-refractivity contribution in [1.82, 2.24) is 10.0 Å². The van der Waals surface area contributed by atoms with Crippen LogP contribution in [-0.4, -0.2) is 81.0 Å². The first-order chi connectivity index (χ1) is 21.5. The van der Waals surface area contributed by atoms with Crippen molar-refractivity contribution in [3.05, 3.63) is 83.2 Å². The van der Waals surface area contributed by atoms with Gasteiger partial charge in [0.15, 0.2) is 10.1 Å². The van der Waals surface area contributed by atoms with Crippen LogP contribution in [0.2, 0.25) is 0 Å². The summed E-state index contributed by atoms with van der Waals surface area (Å²) in [5.41, 5.74) is 2.23. The molecule has 0 amide bonds. The summed E-state index contributed by atoms with van der Waals surface area (Å²) in [7, 11) is -1.21. The minimum Gasteiger partial charge on any atom is -0.497 e. The van der Waals surface area contributed by atoms with Crippen LogP contribution in [0.3, 0.4) is 0 Å². The van der Waals surface area contributed by atoms with Gasteiger partial charge in [0, 0.05) is 23.5 Å². The Kier molecular flexibility index (Phi) is 10.7. The van der Waals surface area contributed by atoms with Gasteiger partial charge < -0.3 is 18.9 Å². The van der Waals surface area contributed by atoms with E-state index in [2.05, 4.69) is 10.2 Å². The van der Waals surface area contributed by atoms with Gasteiger partial charge in [-0.15, -0.1) is 0 Å². The third-order valence-electron chi connectivity index (χ3n) is 7.37. The second kappa shape index (κ2) is 14.4. The van der Waals surface area contributed by atoms with E-state index < -0.39 is 33.6 Å². The molecule has 13 heteroatoms. The Labute approximate surface area is 263 Å². The molecule has 2 unspecified atom stereocenters. The molecule has 2 aromatic rings. The molecule has 12 nitrogen and oxygen atoms in total. The van der Waals surface area contributed by atoms with E-state index in [1.807, 2.05) is 0 Å². The second-order valence-electron chi connectivity index (χ2n) is 10.3. The van der Waals surface area contributed by atoms with Gasteiger partial charge in [-0.3, -0.25) is 10.0 Å². The van der Waals surface area contributed by atoms with Crippen molar-refractivity contribution in [3.8, 4) is 11.5 Å². The molecule has 240 valence electrons. The summed E-state index contributed by atoms with van der Waals surface area (Å²) in [6, 6.07) is 14.2. The third kappa shape index (κ3) is 7.54. The maximum Gasteiger partial charge on any atom is 0.332 e. The summed E-state index contributed by atoms with van der Waals surface area (Å²) in [6.07, 6.45) is 2.57. The molecule has 0 saturated carbocycles. The molecule has 0 aromatic heterocycles. The maximum atomic E-state index is 14.6. The molecule has 0 bridgehead atoms. The van der Waals surface area contributed by atoms with Crippen molar-refractivity contribution >= 4 is 31.9 Å². The molecule has 45 heavy (non-hydrogen) atoms. The first-order valence-electron chi connectivity index (χ1n) is 14.5. The Bertz CT molecular complexity index is 1510. The lowest BCUT2D eigenvalue weighted by Crippen LogP contribution is -2.31. The van der Waals surface area contributed by atoms with Gasteiger partial charge in [0.05, 0.1) is 52.4 Å². The lowest BCUT2D eigenvalue weighted by Gasteiger charge is -2.18. The summed E-state index contributed by atoms with van der Waals surface area (Å²) in [5.74, 6) is -1.24. The standard InChI is InChI=1S/C32H38N4O8S/c1-7-43-29(37)17-21(3)35-19-27(23-9-13-25(41-5)14-10-23)31(33-35)45(39,40)32-28(24-11-15-26(42-6)16-12-24)20-36(34-32)22(4)18-30(38)44-8-2/h9-18,27-28H,7-8,19-20H2,1-6H3/b21-17+,22-18+. The summed E-state index contributed by atoms with van der Waals surface area (Å²) < 4.78 is 50.0. The molecular formula is C32H38N4O8S. The molecule has 0 saturated heterocycles. The number of hydrazone groups is 2. The Morgan fingerprint density at radius 3 is 1.40 bits per heavy atom. The number of esters is 2. The van der Waals surface area contributed by atoms with Gasteiger partial charge in [0.1, 0.15) is 11.5 Å². The van der Waals surface area contributed by atoms with Crippen LogP contribution < -0.4 is 9.47 Å². The zero-order valence-electron chi connectivity index (χ0n) is 26.2. The monoisotopic (exact) mass is 638 g/mol. The number of carbonyl (C=O) groups excluding carboxylic acids is 2. The normalized spacial score (nSPS) is 18.8. The van der Waals surface area contributed by atoms with E-state index in [0.717, 1.165) is 0 Å². The van der Waals surface area contributed by atoms with E-state index >= 15 is 0 Å². The quantitative estimate of drug-likeness (QED) is 0.275. The smallest absolute Gasteiger partial charge is 0.332 e. The van der Waals surface area contributed by atoms with E-state index in [9.17, 15) is 18.0 Å². The van der Waals surface area contributed by atoms with E-state index in [-0.39, 0.29) is 36.4 Å². The average molecular weight is 639 g/mol. The van der Waals surface area contributed by atoms with Crippen molar-refractivity contribution in [3.63, 3.8) is 0 Å². The molecule has 2 heterocycles. The third-order valence-corrected chi connectivity index (χ3v) is 9.21. The zero-order chi connectivity index (χ0) is 32.7. The summed E-state index contributed by atoms with van der Waals surface area (Å²) in [6.45, 7) is 7.46. The van der Waals surface area contributed by atoms with Gasteiger partial charge in [-0.05, 0) is 63.1 Å². The van der Waals surface area contributed by atoms with Crippen LogP contribution in [0.1, 0.15) is 50.7 Å². The van der Waals surface area contributed by atoms with Crippen LogP contribution >= 0.6 is 0 Å². The van der Waals surface area contributed by atoms with Crippen LogP contribution in [0.5, 0.6) is 11.5 Å². The maximum absolute atomic E-state index is 14.6. The highest BCUT2D eigenvalue weighted by atomic mass is 32.2. The minimum absolute atomic E-state index is 0.115. The number of benzene rings is 2. The predicted octanol–water partition coefficient (Wildman–Crippen LogP) is 4.18. The molecule has 0 radical (unpaired) electrons. The highest BCUT2D eigenvalue weighted by Gasteiger charge is 2.45. The van der Waals surface area contributed by atoms with Gasteiger partial charge in [-0.25, -0.2) is 18.0 Å². The summed E-state index contributed by atoms with van der Waals surface area (Å²) in [4.78, 5) is 24.4. The fourth-order valence-electron chi connectivity index (χ4n) is 5.02. The van der Waals surface area contributed by atoms with Gasteiger partial charge >= 0.3 is 11.9 Å². The molecule has 2 aliphatic heterocycles. The number of nitrogens with zero attached hydrogens (tertiary/aromatic N) is 4. The Hall–Kier alpha value is -4.65. The van der Waals surface area contributed by atoms with Gasteiger partial charge in [0.2, 0.25) is 9.84 Å². The van der Waals surface area contributed by atoms with Crippen LogP contribution in [0.4, 0.5) is 0 Å². The topological polar surface area (TPSA) is 136 Å². The van der Waals surface area contributed by atoms with E-state index in [0.29, 0.717) is 34.0 Å². The first-order valence-corrected chi connectivity index (χ1v) is 16.0. The van der Waals surface area contributed by atoms with E-state index in [4.69, 9.17) is 18.9 Å². The Morgan fingerprint density at radius 1 is 0.733 bits per heavy atom. The highest BCUT2D eigenvalue weighted by Crippen LogP contribution is 2.37. The number of rotatable bonds is 10. The second-order valence-corrected chi connectivity index (χ2v) is 12.1. The van der Waals surface area contributed by atoms with Crippen molar-refractivity contribution < 1.29 is 37.0 Å². The number of carbonyl (C=O) groups is 2. The Morgan fingerprint density at radius 2 is 1.09 bits per heavy atom.